The Morgan fingerprint density at radius 1 is 1.29 bits per heavy atom. The quantitative estimate of drug-likeness (QED) is 0.860. The second kappa shape index (κ2) is 8.67. The monoisotopic (exact) mass is 356 g/mol. The molecule has 24 heavy (non-hydrogen) atoms. The molecule has 1 aliphatic carbocycles. The number of carbonyl (C=O) groups excluding carboxylic acids is 1. The van der Waals surface area contributed by atoms with E-state index >= 15 is 0 Å². The highest BCUT2D eigenvalue weighted by molar-refractivity contribution is 5.92. The molecule has 2 atom stereocenters. The van der Waals surface area contributed by atoms with Gasteiger partial charge in [0.05, 0.1) is 6.10 Å². The molecule has 0 bridgehead atoms. The molecule has 134 valence electrons. The zero-order valence-corrected chi connectivity index (χ0v) is 14.8. The Kier molecular flexibility index (Phi) is 6.87. The summed E-state index contributed by atoms with van der Waals surface area (Å²) in [5, 5.41) is 6.16. The molecule has 0 radical (unpaired) electrons. The SMILES string of the molecule is C[C@H]1C[C@@H](C(=O)Nc2ccc(OC3CCCC3)c(F)c2)CCN1.Cl. The lowest BCUT2D eigenvalue weighted by Gasteiger charge is -2.27. The van der Waals surface area contributed by atoms with E-state index in [0.29, 0.717) is 11.7 Å². The second-order valence-corrected chi connectivity index (χ2v) is 6.74. The normalized spacial score (nSPS) is 24.2. The summed E-state index contributed by atoms with van der Waals surface area (Å²) in [7, 11) is 0. The van der Waals surface area contributed by atoms with Gasteiger partial charge in [-0.1, -0.05) is 0 Å². The molecule has 0 unspecified atom stereocenters. The number of benzene rings is 1. The van der Waals surface area contributed by atoms with E-state index in [0.717, 1.165) is 45.1 Å². The molecule has 1 aliphatic heterocycles. The van der Waals surface area contributed by atoms with Crippen LogP contribution in [0.5, 0.6) is 5.75 Å². The van der Waals surface area contributed by atoms with Gasteiger partial charge in [-0.2, -0.15) is 0 Å². The molecule has 1 amide bonds. The number of halogens is 2. The molecule has 2 N–H and O–H groups in total. The standard InChI is InChI=1S/C18H25FN2O2.ClH/c1-12-10-13(8-9-20-12)18(22)21-14-6-7-17(16(19)11-14)23-15-4-2-3-5-15;/h6-7,11-13,15,20H,2-5,8-10H2,1H3,(H,21,22);1H/t12-,13-;/m0./s1. The molecule has 0 aromatic heterocycles. The molecule has 1 saturated heterocycles. The van der Waals surface area contributed by atoms with Crippen molar-refractivity contribution in [2.75, 3.05) is 11.9 Å². The predicted octanol–water partition coefficient (Wildman–Crippen LogP) is 3.90. The smallest absolute Gasteiger partial charge is 0.227 e. The number of carbonyl (C=O) groups is 1. The first kappa shape index (κ1) is 19.0. The summed E-state index contributed by atoms with van der Waals surface area (Å²) in [4.78, 5) is 12.3. The average Bonchev–Trinajstić information content (AvgIpc) is 3.03. The number of nitrogens with one attached hydrogen (secondary N) is 2. The lowest BCUT2D eigenvalue weighted by Crippen LogP contribution is -2.40. The Hall–Kier alpha value is -1.33. The van der Waals surface area contributed by atoms with Gasteiger partial charge in [-0.3, -0.25) is 4.79 Å². The van der Waals surface area contributed by atoms with Gasteiger partial charge in [0.2, 0.25) is 5.91 Å². The van der Waals surface area contributed by atoms with Crippen molar-refractivity contribution in [3.05, 3.63) is 24.0 Å². The summed E-state index contributed by atoms with van der Waals surface area (Å²) in [6, 6.07) is 5.04. The molecule has 1 aromatic carbocycles. The van der Waals surface area contributed by atoms with Gasteiger partial charge in [-0.25, -0.2) is 4.39 Å². The fraction of sp³-hybridized carbons (Fsp3) is 0.611. The predicted molar refractivity (Wildman–Crippen MR) is 95.4 cm³/mol. The maximum Gasteiger partial charge on any atom is 0.227 e. The minimum absolute atomic E-state index is 0. The maximum absolute atomic E-state index is 14.2. The number of rotatable bonds is 4. The Labute approximate surface area is 148 Å². The molecule has 2 fully saturated rings. The number of ether oxygens (including phenoxy) is 1. The molecule has 3 rings (SSSR count). The Morgan fingerprint density at radius 2 is 2.04 bits per heavy atom. The maximum atomic E-state index is 14.2. The first-order valence-corrected chi connectivity index (χ1v) is 8.62. The van der Waals surface area contributed by atoms with Crippen LogP contribution in [0.3, 0.4) is 0 Å². The van der Waals surface area contributed by atoms with Crippen LogP contribution >= 0.6 is 12.4 Å². The largest absolute Gasteiger partial charge is 0.487 e. The Morgan fingerprint density at radius 3 is 2.71 bits per heavy atom. The van der Waals surface area contributed by atoms with Crippen LogP contribution in [0.2, 0.25) is 0 Å². The van der Waals surface area contributed by atoms with E-state index in [9.17, 15) is 9.18 Å². The van der Waals surface area contributed by atoms with Crippen LogP contribution in [0.25, 0.3) is 0 Å². The van der Waals surface area contributed by atoms with Crippen molar-refractivity contribution in [2.24, 2.45) is 5.92 Å². The molecule has 1 heterocycles. The molecule has 4 nitrogen and oxygen atoms in total. The van der Waals surface area contributed by atoms with E-state index in [4.69, 9.17) is 4.74 Å². The number of amides is 1. The van der Waals surface area contributed by atoms with E-state index in [1.165, 1.54) is 6.07 Å². The first-order chi connectivity index (χ1) is 11.1. The molecule has 6 heteroatoms. The van der Waals surface area contributed by atoms with Crippen LogP contribution in [0.15, 0.2) is 18.2 Å². The molecular weight excluding hydrogens is 331 g/mol. The van der Waals surface area contributed by atoms with Gasteiger partial charge >= 0.3 is 0 Å². The van der Waals surface area contributed by atoms with Gasteiger partial charge < -0.3 is 15.4 Å². The van der Waals surface area contributed by atoms with E-state index in [2.05, 4.69) is 17.6 Å². The van der Waals surface area contributed by atoms with Crippen molar-refractivity contribution in [1.29, 1.82) is 0 Å². The Balaban J connectivity index is 0.00000208. The zero-order chi connectivity index (χ0) is 16.2. The van der Waals surface area contributed by atoms with Gasteiger partial charge in [-0.15, -0.1) is 12.4 Å². The number of hydrogen-bond acceptors (Lipinski definition) is 3. The van der Waals surface area contributed by atoms with E-state index in [1.807, 2.05) is 0 Å². The molecule has 2 aliphatic rings. The summed E-state index contributed by atoms with van der Waals surface area (Å²) in [6.07, 6.45) is 6.04. The summed E-state index contributed by atoms with van der Waals surface area (Å²) >= 11 is 0. The first-order valence-electron chi connectivity index (χ1n) is 8.62. The summed E-state index contributed by atoms with van der Waals surface area (Å²) in [5.41, 5.74) is 0.498. The van der Waals surface area contributed by atoms with Gasteiger partial charge in [0.15, 0.2) is 11.6 Å². The van der Waals surface area contributed by atoms with E-state index in [-0.39, 0.29) is 36.1 Å². The number of anilines is 1. The number of piperidine rings is 1. The van der Waals surface area contributed by atoms with Crippen LogP contribution in [-0.4, -0.2) is 24.6 Å². The minimum atomic E-state index is -0.409. The highest BCUT2D eigenvalue weighted by Crippen LogP contribution is 2.28. The van der Waals surface area contributed by atoms with Crippen molar-refractivity contribution < 1.29 is 13.9 Å². The Bertz CT molecular complexity index is 564. The van der Waals surface area contributed by atoms with Crippen LogP contribution in [0.1, 0.15) is 45.4 Å². The lowest BCUT2D eigenvalue weighted by atomic mass is 9.92. The van der Waals surface area contributed by atoms with Crippen molar-refractivity contribution in [2.45, 2.75) is 57.6 Å². The highest BCUT2D eigenvalue weighted by atomic mass is 35.5. The topological polar surface area (TPSA) is 50.4 Å². The van der Waals surface area contributed by atoms with Gasteiger partial charge in [0.25, 0.3) is 0 Å². The minimum Gasteiger partial charge on any atom is -0.487 e. The lowest BCUT2D eigenvalue weighted by molar-refractivity contribution is -0.120. The van der Waals surface area contributed by atoms with Crippen molar-refractivity contribution in [3.8, 4) is 5.75 Å². The third-order valence-corrected chi connectivity index (χ3v) is 4.79. The zero-order valence-electron chi connectivity index (χ0n) is 14.0. The average molecular weight is 357 g/mol. The molecule has 0 spiro atoms. The van der Waals surface area contributed by atoms with E-state index in [1.54, 1.807) is 12.1 Å². The summed E-state index contributed by atoms with van der Waals surface area (Å²) in [5.74, 6) is -0.162. The third-order valence-electron chi connectivity index (χ3n) is 4.79. The molecule has 1 aromatic rings. The van der Waals surface area contributed by atoms with Crippen LogP contribution < -0.4 is 15.4 Å². The van der Waals surface area contributed by atoms with Crippen LogP contribution in [0, 0.1) is 11.7 Å². The molecular formula is C18H26ClFN2O2. The number of hydrogen-bond donors (Lipinski definition) is 2. The van der Waals surface area contributed by atoms with Crippen LogP contribution in [0.4, 0.5) is 10.1 Å². The fourth-order valence-electron chi connectivity index (χ4n) is 3.47. The van der Waals surface area contributed by atoms with Crippen molar-refractivity contribution >= 4 is 24.0 Å². The van der Waals surface area contributed by atoms with Crippen molar-refractivity contribution in [1.82, 2.24) is 5.32 Å². The van der Waals surface area contributed by atoms with E-state index < -0.39 is 5.82 Å². The summed E-state index contributed by atoms with van der Waals surface area (Å²) < 4.78 is 19.9. The highest BCUT2D eigenvalue weighted by Gasteiger charge is 2.25. The van der Waals surface area contributed by atoms with Gasteiger partial charge in [0.1, 0.15) is 0 Å². The molecule has 1 saturated carbocycles. The summed E-state index contributed by atoms with van der Waals surface area (Å²) in [6.45, 7) is 2.93. The van der Waals surface area contributed by atoms with Crippen LogP contribution in [-0.2, 0) is 4.79 Å². The fourth-order valence-corrected chi connectivity index (χ4v) is 3.47. The second-order valence-electron chi connectivity index (χ2n) is 6.74. The third kappa shape index (κ3) is 4.84. The van der Waals surface area contributed by atoms with Crippen molar-refractivity contribution in [3.63, 3.8) is 0 Å². The van der Waals surface area contributed by atoms with Gasteiger partial charge in [-0.05, 0) is 64.1 Å². The van der Waals surface area contributed by atoms with Gasteiger partial charge in [0, 0.05) is 23.7 Å².